The van der Waals surface area contributed by atoms with Gasteiger partial charge in [0.05, 0.1) is 4.47 Å². The molecule has 1 unspecified atom stereocenters. The predicted molar refractivity (Wildman–Crippen MR) is 129 cm³/mol. The minimum atomic E-state index is -1.24. The average molecular weight is 510 g/mol. The number of alkyl carbamates (subject to hydrolysis) is 1. The Morgan fingerprint density at radius 3 is 2.24 bits per heavy atom. The molecule has 3 N–H and O–H groups in total. The second-order valence-electron chi connectivity index (χ2n) is 8.00. The van der Waals surface area contributed by atoms with Crippen molar-refractivity contribution in [3.8, 4) is 16.9 Å². The van der Waals surface area contributed by atoms with Crippen molar-refractivity contribution in [3.05, 3.63) is 87.4 Å². The largest absolute Gasteiger partial charge is 0.506 e. The van der Waals surface area contributed by atoms with E-state index in [1.54, 1.807) is 12.1 Å². The highest BCUT2D eigenvalue weighted by molar-refractivity contribution is 9.10. The number of phenolic OH excluding ortho intramolecular Hbond substituents is 1. The Labute approximate surface area is 200 Å². The van der Waals surface area contributed by atoms with Crippen LogP contribution < -0.4 is 5.32 Å². The molecule has 1 aliphatic rings. The van der Waals surface area contributed by atoms with Gasteiger partial charge < -0.3 is 20.3 Å². The lowest BCUT2D eigenvalue weighted by Gasteiger charge is -2.18. The molecule has 6 nitrogen and oxygen atoms in total. The van der Waals surface area contributed by atoms with Crippen LogP contribution in [0.15, 0.2) is 65.1 Å². The number of carboxylic acid groups (broad SMARTS) is 1. The zero-order valence-corrected chi connectivity index (χ0v) is 19.6. The van der Waals surface area contributed by atoms with E-state index in [2.05, 4.69) is 21.2 Å². The molecule has 170 valence electrons. The van der Waals surface area contributed by atoms with E-state index in [4.69, 9.17) is 4.74 Å². The summed E-state index contributed by atoms with van der Waals surface area (Å²) in [6.07, 6.45) is -0.157. The Kier molecular flexibility index (Phi) is 6.70. The van der Waals surface area contributed by atoms with Gasteiger partial charge in [0.15, 0.2) is 0 Å². The summed E-state index contributed by atoms with van der Waals surface area (Å²) >= 11 is 3.30. The zero-order valence-electron chi connectivity index (χ0n) is 18.0. The lowest BCUT2D eigenvalue weighted by Crippen LogP contribution is -2.43. The Balaban J connectivity index is 1.46. The first-order valence-corrected chi connectivity index (χ1v) is 11.5. The van der Waals surface area contributed by atoms with E-state index in [0.717, 1.165) is 34.2 Å². The van der Waals surface area contributed by atoms with E-state index in [-0.39, 0.29) is 24.7 Å². The van der Waals surface area contributed by atoms with Gasteiger partial charge in [-0.05, 0) is 61.8 Å². The van der Waals surface area contributed by atoms with Crippen LogP contribution in [0.4, 0.5) is 4.79 Å². The van der Waals surface area contributed by atoms with Crippen molar-refractivity contribution in [1.82, 2.24) is 5.32 Å². The first-order valence-electron chi connectivity index (χ1n) is 10.7. The number of rotatable bonds is 7. The van der Waals surface area contributed by atoms with Crippen LogP contribution in [0.1, 0.15) is 35.1 Å². The van der Waals surface area contributed by atoms with Gasteiger partial charge in [-0.25, -0.2) is 9.59 Å². The number of ether oxygens (including phenoxy) is 1. The Morgan fingerprint density at radius 1 is 1.06 bits per heavy atom. The van der Waals surface area contributed by atoms with Gasteiger partial charge in [-0.2, -0.15) is 0 Å². The molecule has 0 saturated heterocycles. The molecule has 0 fully saturated rings. The lowest BCUT2D eigenvalue weighted by atomic mass is 9.98. The second-order valence-corrected chi connectivity index (χ2v) is 8.86. The van der Waals surface area contributed by atoms with E-state index < -0.39 is 18.1 Å². The molecule has 0 heterocycles. The number of carbonyl (C=O) groups excluding carboxylic acids is 1. The van der Waals surface area contributed by atoms with Gasteiger partial charge in [-0.3, -0.25) is 0 Å². The van der Waals surface area contributed by atoms with Crippen molar-refractivity contribution in [2.45, 2.75) is 31.7 Å². The van der Waals surface area contributed by atoms with Crippen molar-refractivity contribution in [2.24, 2.45) is 0 Å². The third-order valence-corrected chi connectivity index (χ3v) is 6.57. The highest BCUT2D eigenvalue weighted by Crippen LogP contribution is 2.44. The molecule has 7 heteroatoms. The second kappa shape index (κ2) is 9.67. The molecular formula is C26H24BrNO5. The van der Waals surface area contributed by atoms with E-state index in [1.165, 1.54) is 0 Å². The van der Waals surface area contributed by atoms with Crippen molar-refractivity contribution in [1.29, 1.82) is 0 Å². The highest BCUT2D eigenvalue weighted by atomic mass is 79.9. The monoisotopic (exact) mass is 509 g/mol. The summed E-state index contributed by atoms with van der Waals surface area (Å²) in [7, 11) is 0. The lowest BCUT2D eigenvalue weighted by molar-refractivity contribution is -0.139. The van der Waals surface area contributed by atoms with Gasteiger partial charge in [0.2, 0.25) is 0 Å². The summed E-state index contributed by atoms with van der Waals surface area (Å²) in [6, 6.07) is 18.3. The minimum Gasteiger partial charge on any atom is -0.506 e. The maximum atomic E-state index is 12.5. The first-order chi connectivity index (χ1) is 15.9. The molecular weight excluding hydrogens is 486 g/mol. The topological polar surface area (TPSA) is 95.9 Å². The van der Waals surface area contributed by atoms with E-state index >= 15 is 0 Å². The molecule has 0 bridgehead atoms. The maximum absolute atomic E-state index is 12.5. The van der Waals surface area contributed by atoms with Gasteiger partial charge in [-0.1, -0.05) is 61.5 Å². The van der Waals surface area contributed by atoms with Crippen LogP contribution in [0.3, 0.4) is 0 Å². The van der Waals surface area contributed by atoms with Crippen LogP contribution in [0.5, 0.6) is 5.75 Å². The Morgan fingerprint density at radius 2 is 1.67 bits per heavy atom. The summed E-state index contributed by atoms with van der Waals surface area (Å²) in [5, 5.41) is 22.4. The number of amides is 1. The smallest absolute Gasteiger partial charge is 0.407 e. The SMILES string of the molecule is CCc1cc(Br)c(O)c(CC(NC(=O)OCC2c3ccccc3-c3ccccc32)C(=O)O)c1. The molecule has 0 radical (unpaired) electrons. The summed E-state index contributed by atoms with van der Waals surface area (Å²) in [5.74, 6) is -1.36. The molecule has 1 aliphatic carbocycles. The van der Waals surface area contributed by atoms with Gasteiger partial charge in [0.25, 0.3) is 0 Å². The number of benzene rings is 3. The molecule has 3 aromatic rings. The molecule has 1 atom stereocenters. The number of aromatic hydroxyl groups is 1. The van der Waals surface area contributed by atoms with Gasteiger partial charge in [-0.15, -0.1) is 0 Å². The normalized spacial score (nSPS) is 13.2. The number of nitrogens with one attached hydrogen (secondary N) is 1. The van der Waals surface area contributed by atoms with Crippen LogP contribution in [0.25, 0.3) is 11.1 Å². The maximum Gasteiger partial charge on any atom is 0.407 e. The summed E-state index contributed by atoms with van der Waals surface area (Å²) in [4.78, 5) is 24.3. The third-order valence-electron chi connectivity index (χ3n) is 5.97. The molecule has 0 aliphatic heterocycles. The number of fused-ring (bicyclic) bond motifs is 3. The Bertz CT molecular complexity index is 1160. The average Bonchev–Trinajstić information content (AvgIpc) is 3.13. The number of hydrogen-bond donors (Lipinski definition) is 3. The number of aliphatic carboxylic acids is 1. The van der Waals surface area contributed by atoms with E-state index in [9.17, 15) is 19.8 Å². The molecule has 0 aromatic heterocycles. The number of aryl methyl sites for hydroxylation is 1. The van der Waals surface area contributed by atoms with Crippen molar-refractivity contribution >= 4 is 28.0 Å². The van der Waals surface area contributed by atoms with Crippen LogP contribution in [-0.4, -0.2) is 34.9 Å². The zero-order chi connectivity index (χ0) is 23.5. The molecule has 0 spiro atoms. The summed E-state index contributed by atoms with van der Waals surface area (Å²) in [6.45, 7) is 2.06. The Hall–Kier alpha value is -3.32. The number of carbonyl (C=O) groups is 2. The van der Waals surface area contributed by atoms with Crippen molar-refractivity contribution in [2.75, 3.05) is 6.61 Å². The number of hydrogen-bond acceptors (Lipinski definition) is 4. The minimum absolute atomic E-state index is 0.0345. The fourth-order valence-electron chi connectivity index (χ4n) is 4.28. The van der Waals surface area contributed by atoms with E-state index in [1.807, 2.05) is 55.5 Å². The first kappa shape index (κ1) is 22.9. The van der Waals surface area contributed by atoms with Crippen LogP contribution >= 0.6 is 15.9 Å². The van der Waals surface area contributed by atoms with Crippen molar-refractivity contribution in [3.63, 3.8) is 0 Å². The predicted octanol–water partition coefficient (Wildman–Crippen LogP) is 5.25. The fourth-order valence-corrected chi connectivity index (χ4v) is 4.83. The number of halogens is 1. The molecule has 4 rings (SSSR count). The molecule has 3 aromatic carbocycles. The summed E-state index contributed by atoms with van der Waals surface area (Å²) < 4.78 is 5.96. The number of phenols is 1. The van der Waals surface area contributed by atoms with Crippen LogP contribution in [-0.2, 0) is 22.4 Å². The van der Waals surface area contributed by atoms with Crippen LogP contribution in [0.2, 0.25) is 0 Å². The summed E-state index contributed by atoms with van der Waals surface area (Å²) in [5.41, 5.74) is 5.76. The standard InChI is InChI=1S/C26H24BrNO5/c1-2-15-11-16(24(29)22(27)12-15)13-23(25(30)31)28-26(32)33-14-21-19-9-5-3-7-17(19)18-8-4-6-10-20(18)21/h3-12,21,23,29H,2,13-14H2,1H3,(H,28,32)(H,30,31). The fraction of sp³-hybridized carbons (Fsp3) is 0.231. The van der Waals surface area contributed by atoms with Gasteiger partial charge in [0, 0.05) is 12.3 Å². The molecule has 33 heavy (non-hydrogen) atoms. The highest BCUT2D eigenvalue weighted by Gasteiger charge is 2.30. The third kappa shape index (κ3) is 4.73. The van der Waals surface area contributed by atoms with Crippen molar-refractivity contribution < 1.29 is 24.5 Å². The van der Waals surface area contributed by atoms with E-state index in [0.29, 0.717) is 10.0 Å². The van der Waals surface area contributed by atoms with Gasteiger partial charge >= 0.3 is 12.1 Å². The number of carboxylic acids is 1. The van der Waals surface area contributed by atoms with Crippen LogP contribution in [0, 0.1) is 0 Å². The quantitative estimate of drug-likeness (QED) is 0.404. The molecule has 1 amide bonds. The molecule has 0 saturated carbocycles. The van der Waals surface area contributed by atoms with Gasteiger partial charge in [0.1, 0.15) is 18.4 Å².